The molecule has 0 aliphatic heterocycles. The SMILES string of the molecule is Cc1cc(N)nn1CC(=O)Nc1cnn(C)c1C(=O)O. The van der Waals surface area contributed by atoms with Gasteiger partial charge in [0.15, 0.2) is 5.69 Å². The van der Waals surface area contributed by atoms with Crippen molar-refractivity contribution in [3.63, 3.8) is 0 Å². The summed E-state index contributed by atoms with van der Waals surface area (Å²) in [5.41, 5.74) is 6.31. The molecule has 4 N–H and O–H groups in total. The number of aromatic nitrogens is 4. The molecule has 0 fully saturated rings. The zero-order chi connectivity index (χ0) is 14.9. The number of nitrogens with zero attached hydrogens (tertiary/aromatic N) is 4. The average Bonchev–Trinajstić information content (AvgIpc) is 2.82. The third-order valence-corrected chi connectivity index (χ3v) is 2.71. The lowest BCUT2D eigenvalue weighted by Crippen LogP contribution is -2.21. The first-order chi connectivity index (χ1) is 9.38. The van der Waals surface area contributed by atoms with Crippen LogP contribution in [0.1, 0.15) is 16.2 Å². The smallest absolute Gasteiger partial charge is 0.356 e. The van der Waals surface area contributed by atoms with Gasteiger partial charge < -0.3 is 16.2 Å². The Morgan fingerprint density at radius 2 is 2.20 bits per heavy atom. The number of carbonyl (C=O) groups is 2. The molecule has 9 heteroatoms. The van der Waals surface area contributed by atoms with Crippen molar-refractivity contribution in [2.24, 2.45) is 7.05 Å². The molecule has 106 valence electrons. The number of nitrogen functional groups attached to an aromatic ring is 1. The number of rotatable bonds is 4. The number of carbonyl (C=O) groups excluding carboxylic acids is 1. The summed E-state index contributed by atoms with van der Waals surface area (Å²) < 4.78 is 2.61. The van der Waals surface area contributed by atoms with Crippen LogP contribution < -0.4 is 11.1 Å². The predicted molar refractivity (Wildman–Crippen MR) is 70.2 cm³/mol. The van der Waals surface area contributed by atoms with Gasteiger partial charge in [0.25, 0.3) is 0 Å². The van der Waals surface area contributed by atoms with E-state index in [-0.39, 0.29) is 17.9 Å². The molecule has 1 amide bonds. The van der Waals surface area contributed by atoms with Gasteiger partial charge in [-0.3, -0.25) is 14.2 Å². The number of anilines is 2. The maximum absolute atomic E-state index is 11.9. The van der Waals surface area contributed by atoms with Crippen LogP contribution in [0.5, 0.6) is 0 Å². The van der Waals surface area contributed by atoms with Crippen LogP contribution in [0.4, 0.5) is 11.5 Å². The van der Waals surface area contributed by atoms with Crippen LogP contribution in [0.3, 0.4) is 0 Å². The van der Waals surface area contributed by atoms with Crippen molar-refractivity contribution in [2.75, 3.05) is 11.1 Å². The maximum Gasteiger partial charge on any atom is 0.356 e. The quantitative estimate of drug-likeness (QED) is 0.713. The number of aryl methyl sites for hydroxylation is 2. The molecule has 0 unspecified atom stereocenters. The molecule has 2 heterocycles. The van der Waals surface area contributed by atoms with Gasteiger partial charge in [0, 0.05) is 18.8 Å². The number of amides is 1. The van der Waals surface area contributed by atoms with Crippen molar-refractivity contribution >= 4 is 23.4 Å². The highest BCUT2D eigenvalue weighted by Gasteiger charge is 2.18. The molecule has 9 nitrogen and oxygen atoms in total. The highest BCUT2D eigenvalue weighted by Crippen LogP contribution is 2.14. The molecular formula is C11H14N6O3. The third-order valence-electron chi connectivity index (χ3n) is 2.71. The molecule has 0 atom stereocenters. The average molecular weight is 278 g/mol. The summed E-state index contributed by atoms with van der Waals surface area (Å²) >= 11 is 0. The Labute approximate surface area is 114 Å². The maximum atomic E-state index is 11.9. The van der Waals surface area contributed by atoms with Crippen LogP contribution in [0.25, 0.3) is 0 Å². The van der Waals surface area contributed by atoms with Gasteiger partial charge in [0.1, 0.15) is 12.4 Å². The van der Waals surface area contributed by atoms with Crippen molar-refractivity contribution in [1.29, 1.82) is 0 Å². The van der Waals surface area contributed by atoms with Crippen LogP contribution in [-0.2, 0) is 18.4 Å². The van der Waals surface area contributed by atoms with Crippen molar-refractivity contribution in [2.45, 2.75) is 13.5 Å². The first-order valence-electron chi connectivity index (χ1n) is 5.73. The second kappa shape index (κ2) is 5.03. The highest BCUT2D eigenvalue weighted by atomic mass is 16.4. The Morgan fingerprint density at radius 1 is 1.50 bits per heavy atom. The molecule has 2 aromatic rings. The van der Waals surface area contributed by atoms with E-state index in [1.165, 1.54) is 22.6 Å². The normalized spacial score (nSPS) is 10.5. The van der Waals surface area contributed by atoms with Crippen molar-refractivity contribution in [1.82, 2.24) is 19.6 Å². The van der Waals surface area contributed by atoms with Gasteiger partial charge in [-0.2, -0.15) is 10.2 Å². The number of aromatic carboxylic acids is 1. The molecule has 0 aliphatic rings. The Kier molecular flexibility index (Phi) is 3.42. The first-order valence-corrected chi connectivity index (χ1v) is 5.73. The second-order valence-corrected chi connectivity index (χ2v) is 4.25. The molecular weight excluding hydrogens is 264 g/mol. The number of nitrogens with one attached hydrogen (secondary N) is 1. The molecule has 0 radical (unpaired) electrons. The lowest BCUT2D eigenvalue weighted by Gasteiger charge is -2.06. The predicted octanol–water partition coefficient (Wildman–Crippen LogP) is -0.156. The Balaban J connectivity index is 2.13. The van der Waals surface area contributed by atoms with Crippen LogP contribution in [0, 0.1) is 6.92 Å². The summed E-state index contributed by atoms with van der Waals surface area (Å²) in [5.74, 6) is -1.26. The van der Waals surface area contributed by atoms with Crippen molar-refractivity contribution < 1.29 is 14.7 Å². The fourth-order valence-electron chi connectivity index (χ4n) is 1.80. The largest absolute Gasteiger partial charge is 0.476 e. The number of nitrogens with two attached hydrogens (primary N) is 1. The number of hydrogen-bond donors (Lipinski definition) is 3. The van der Waals surface area contributed by atoms with E-state index in [1.54, 1.807) is 13.0 Å². The Bertz CT molecular complexity index is 672. The first kappa shape index (κ1) is 13.6. The summed E-state index contributed by atoms with van der Waals surface area (Å²) in [6.07, 6.45) is 1.28. The van der Waals surface area contributed by atoms with Crippen molar-refractivity contribution in [3.05, 3.63) is 23.7 Å². The zero-order valence-electron chi connectivity index (χ0n) is 11.0. The van der Waals surface area contributed by atoms with Gasteiger partial charge in [0.05, 0.1) is 11.9 Å². The second-order valence-electron chi connectivity index (χ2n) is 4.25. The molecule has 0 bridgehead atoms. The summed E-state index contributed by atoms with van der Waals surface area (Å²) in [6, 6.07) is 1.64. The highest BCUT2D eigenvalue weighted by molar-refractivity contribution is 5.99. The minimum absolute atomic E-state index is 0.0585. The van der Waals surface area contributed by atoms with E-state index < -0.39 is 11.9 Å². The minimum Gasteiger partial charge on any atom is -0.476 e. The van der Waals surface area contributed by atoms with E-state index >= 15 is 0 Å². The lowest BCUT2D eigenvalue weighted by molar-refractivity contribution is -0.116. The van der Waals surface area contributed by atoms with Gasteiger partial charge in [-0.1, -0.05) is 0 Å². The number of carboxylic acid groups (broad SMARTS) is 1. The van der Waals surface area contributed by atoms with Crippen molar-refractivity contribution in [3.8, 4) is 0 Å². The molecule has 2 rings (SSSR count). The molecule has 0 saturated carbocycles. The Hall–Kier alpha value is -2.84. The van der Waals surface area contributed by atoms with Gasteiger partial charge in [0.2, 0.25) is 5.91 Å². The lowest BCUT2D eigenvalue weighted by atomic mass is 10.3. The molecule has 20 heavy (non-hydrogen) atoms. The molecule has 2 aromatic heterocycles. The summed E-state index contributed by atoms with van der Waals surface area (Å²) in [4.78, 5) is 22.9. The topological polar surface area (TPSA) is 128 Å². The monoisotopic (exact) mass is 278 g/mol. The van der Waals surface area contributed by atoms with Gasteiger partial charge in [-0.25, -0.2) is 4.79 Å². The standard InChI is InChI=1S/C11H14N6O3/c1-6-3-8(12)15-17(6)5-9(18)14-7-4-13-16(2)10(7)11(19)20/h3-4H,5H2,1-2H3,(H2,12,15)(H,14,18)(H,19,20). The molecule has 0 aliphatic carbocycles. The van der Waals surface area contributed by atoms with E-state index in [0.717, 1.165) is 5.69 Å². The number of hydrogen-bond acceptors (Lipinski definition) is 5. The van der Waals surface area contributed by atoms with E-state index in [0.29, 0.717) is 5.82 Å². The van der Waals surface area contributed by atoms with Gasteiger partial charge in [-0.15, -0.1) is 0 Å². The van der Waals surface area contributed by atoms with Crippen LogP contribution in [0.2, 0.25) is 0 Å². The molecule has 0 spiro atoms. The summed E-state index contributed by atoms with van der Waals surface area (Å²) in [6.45, 7) is 1.71. The third kappa shape index (κ3) is 2.60. The fraction of sp³-hybridized carbons (Fsp3) is 0.273. The van der Waals surface area contributed by atoms with Crippen LogP contribution in [0.15, 0.2) is 12.3 Å². The zero-order valence-corrected chi connectivity index (χ0v) is 11.0. The number of carboxylic acids is 1. The van der Waals surface area contributed by atoms with E-state index in [1.807, 2.05) is 0 Å². The van der Waals surface area contributed by atoms with E-state index in [2.05, 4.69) is 15.5 Å². The summed E-state index contributed by atoms with van der Waals surface area (Å²) in [7, 11) is 1.48. The summed E-state index contributed by atoms with van der Waals surface area (Å²) in [5, 5.41) is 19.3. The Morgan fingerprint density at radius 3 is 2.75 bits per heavy atom. The van der Waals surface area contributed by atoms with E-state index in [4.69, 9.17) is 10.8 Å². The van der Waals surface area contributed by atoms with Crippen LogP contribution >= 0.6 is 0 Å². The molecule has 0 saturated heterocycles. The van der Waals surface area contributed by atoms with Gasteiger partial charge >= 0.3 is 5.97 Å². The van der Waals surface area contributed by atoms with Gasteiger partial charge in [-0.05, 0) is 6.92 Å². The van der Waals surface area contributed by atoms with Crippen LogP contribution in [-0.4, -0.2) is 36.5 Å². The van der Waals surface area contributed by atoms with E-state index in [9.17, 15) is 9.59 Å². The minimum atomic E-state index is -1.17. The molecule has 0 aromatic carbocycles. The fourth-order valence-corrected chi connectivity index (χ4v) is 1.80.